The average molecular weight is 395 g/mol. The number of anilines is 2. The van der Waals surface area contributed by atoms with Crippen molar-refractivity contribution in [2.24, 2.45) is 0 Å². The summed E-state index contributed by atoms with van der Waals surface area (Å²) in [6, 6.07) is 8.54. The summed E-state index contributed by atoms with van der Waals surface area (Å²) in [7, 11) is 0. The monoisotopic (exact) mass is 395 g/mol. The molecule has 1 aromatic carbocycles. The molecule has 2 aliphatic rings. The molecule has 0 unspecified atom stereocenters. The minimum atomic E-state index is -0.405. The van der Waals surface area contributed by atoms with Crippen LogP contribution >= 0.6 is 0 Å². The van der Waals surface area contributed by atoms with Gasteiger partial charge in [-0.05, 0) is 36.8 Å². The third-order valence-electron chi connectivity index (χ3n) is 5.28. The predicted molar refractivity (Wildman–Crippen MR) is 109 cm³/mol. The van der Waals surface area contributed by atoms with Gasteiger partial charge in [0, 0.05) is 38.6 Å². The maximum atomic E-state index is 13.0. The summed E-state index contributed by atoms with van der Waals surface area (Å²) in [6.45, 7) is 5.53. The van der Waals surface area contributed by atoms with Crippen molar-refractivity contribution >= 4 is 23.5 Å². The Balaban J connectivity index is 1.39. The van der Waals surface area contributed by atoms with Crippen LogP contribution in [-0.4, -0.2) is 65.5 Å². The summed E-state index contributed by atoms with van der Waals surface area (Å²) in [5, 5.41) is 0. The van der Waals surface area contributed by atoms with Crippen LogP contribution in [0.1, 0.15) is 19.8 Å². The second kappa shape index (κ2) is 8.57. The van der Waals surface area contributed by atoms with Gasteiger partial charge in [-0.2, -0.15) is 0 Å². The molecule has 8 nitrogen and oxygen atoms in total. The molecule has 3 heterocycles. The number of amides is 2. The van der Waals surface area contributed by atoms with Gasteiger partial charge in [0.25, 0.3) is 5.91 Å². The van der Waals surface area contributed by atoms with Crippen LogP contribution in [0.2, 0.25) is 0 Å². The molecule has 0 saturated carbocycles. The van der Waals surface area contributed by atoms with Crippen LogP contribution in [0.25, 0.3) is 0 Å². The Morgan fingerprint density at radius 1 is 1.03 bits per heavy atom. The molecule has 1 aromatic heterocycles. The Labute approximate surface area is 170 Å². The van der Waals surface area contributed by atoms with Gasteiger partial charge in [0.1, 0.15) is 5.75 Å². The van der Waals surface area contributed by atoms with E-state index in [1.165, 1.54) is 4.90 Å². The molecule has 0 bridgehead atoms. The van der Waals surface area contributed by atoms with Gasteiger partial charge in [0.05, 0.1) is 24.8 Å². The first-order valence-electron chi connectivity index (χ1n) is 10.0. The first-order valence-corrected chi connectivity index (χ1v) is 10.0. The summed E-state index contributed by atoms with van der Waals surface area (Å²) in [5.41, 5.74) is 0.600. The number of ether oxygens (including phenoxy) is 1. The van der Waals surface area contributed by atoms with Gasteiger partial charge >= 0.3 is 0 Å². The number of hydrogen-bond acceptors (Lipinski definition) is 7. The second-order valence-corrected chi connectivity index (χ2v) is 7.20. The number of hydrogen-bond donors (Lipinski definition) is 0. The highest BCUT2D eigenvalue weighted by atomic mass is 16.5. The Morgan fingerprint density at radius 2 is 1.72 bits per heavy atom. The minimum absolute atomic E-state index is 0.151. The van der Waals surface area contributed by atoms with Crippen LogP contribution in [0.4, 0.5) is 11.6 Å². The number of rotatable bonds is 6. The lowest BCUT2D eigenvalue weighted by Crippen LogP contribution is -2.53. The van der Waals surface area contributed by atoms with Crippen LogP contribution in [0.15, 0.2) is 42.7 Å². The first-order chi connectivity index (χ1) is 14.2. The fourth-order valence-corrected chi connectivity index (χ4v) is 3.77. The highest BCUT2D eigenvalue weighted by Crippen LogP contribution is 2.28. The molecule has 0 radical (unpaired) electrons. The van der Waals surface area contributed by atoms with Gasteiger partial charge in [-0.15, -0.1) is 0 Å². The van der Waals surface area contributed by atoms with Crippen LogP contribution in [-0.2, 0) is 9.59 Å². The minimum Gasteiger partial charge on any atom is -0.494 e. The highest BCUT2D eigenvalue weighted by Gasteiger charge is 2.43. The SMILES string of the molecule is CCCOc1ccc(N2C(=O)C[C@@H](N3CCN(c4ncccn4)CC3)C2=O)cc1. The number of benzene rings is 1. The fourth-order valence-electron chi connectivity index (χ4n) is 3.77. The lowest BCUT2D eigenvalue weighted by atomic mass is 10.2. The summed E-state index contributed by atoms with van der Waals surface area (Å²) >= 11 is 0. The lowest BCUT2D eigenvalue weighted by Gasteiger charge is -2.36. The van der Waals surface area contributed by atoms with Gasteiger partial charge < -0.3 is 9.64 Å². The van der Waals surface area contributed by atoms with E-state index in [0.29, 0.717) is 31.3 Å². The molecule has 2 aromatic rings. The molecule has 0 N–H and O–H groups in total. The van der Waals surface area contributed by atoms with Gasteiger partial charge in [-0.1, -0.05) is 6.92 Å². The molecule has 2 saturated heterocycles. The standard InChI is InChI=1S/C21H25N5O3/c1-2-14-29-17-6-4-16(5-7-17)26-19(27)15-18(20(26)28)24-10-12-25(13-11-24)21-22-8-3-9-23-21/h3-9,18H,2,10-15H2,1H3/t18-/m1/s1. The molecule has 2 fully saturated rings. The van der Waals surface area contributed by atoms with Gasteiger partial charge in [-0.3, -0.25) is 14.5 Å². The van der Waals surface area contributed by atoms with Crippen molar-refractivity contribution in [3.63, 3.8) is 0 Å². The molecule has 0 spiro atoms. The van der Waals surface area contributed by atoms with Crippen molar-refractivity contribution in [1.82, 2.24) is 14.9 Å². The number of imide groups is 1. The lowest BCUT2D eigenvalue weighted by molar-refractivity contribution is -0.123. The van der Waals surface area contributed by atoms with Gasteiger partial charge in [-0.25, -0.2) is 14.9 Å². The molecule has 4 rings (SSSR count). The van der Waals surface area contributed by atoms with Crippen molar-refractivity contribution < 1.29 is 14.3 Å². The third-order valence-corrected chi connectivity index (χ3v) is 5.28. The second-order valence-electron chi connectivity index (χ2n) is 7.20. The molecular formula is C21H25N5O3. The Bertz CT molecular complexity index is 850. The molecule has 2 aliphatic heterocycles. The number of aromatic nitrogens is 2. The molecular weight excluding hydrogens is 370 g/mol. The Hall–Kier alpha value is -3.00. The Morgan fingerprint density at radius 3 is 2.38 bits per heavy atom. The van der Waals surface area contributed by atoms with Gasteiger partial charge in [0.2, 0.25) is 11.9 Å². The maximum Gasteiger partial charge on any atom is 0.251 e. The van der Waals surface area contributed by atoms with E-state index in [0.717, 1.165) is 25.3 Å². The van der Waals surface area contributed by atoms with Crippen LogP contribution in [0.3, 0.4) is 0 Å². The van der Waals surface area contributed by atoms with E-state index in [2.05, 4.69) is 19.8 Å². The molecule has 0 aliphatic carbocycles. The smallest absolute Gasteiger partial charge is 0.251 e. The van der Waals surface area contributed by atoms with Gasteiger partial charge in [0.15, 0.2) is 0 Å². The largest absolute Gasteiger partial charge is 0.494 e. The summed E-state index contributed by atoms with van der Waals surface area (Å²) in [4.78, 5) is 39.7. The Kier molecular flexibility index (Phi) is 5.71. The van der Waals surface area contributed by atoms with Crippen LogP contribution in [0.5, 0.6) is 5.75 Å². The maximum absolute atomic E-state index is 13.0. The number of carbonyl (C=O) groups excluding carboxylic acids is 2. The van der Waals surface area contributed by atoms with Crippen LogP contribution < -0.4 is 14.5 Å². The average Bonchev–Trinajstić information content (AvgIpc) is 3.07. The molecule has 29 heavy (non-hydrogen) atoms. The normalized spacial score (nSPS) is 20.4. The summed E-state index contributed by atoms with van der Waals surface area (Å²) < 4.78 is 5.58. The van der Waals surface area contributed by atoms with Crippen molar-refractivity contribution in [1.29, 1.82) is 0 Å². The van der Waals surface area contributed by atoms with E-state index in [9.17, 15) is 9.59 Å². The van der Waals surface area contributed by atoms with E-state index in [1.807, 2.05) is 6.92 Å². The van der Waals surface area contributed by atoms with E-state index < -0.39 is 6.04 Å². The highest BCUT2D eigenvalue weighted by molar-refractivity contribution is 6.22. The van der Waals surface area contributed by atoms with Crippen molar-refractivity contribution in [3.8, 4) is 5.75 Å². The van der Waals surface area contributed by atoms with E-state index >= 15 is 0 Å². The van der Waals surface area contributed by atoms with E-state index in [-0.39, 0.29) is 18.2 Å². The zero-order valence-electron chi connectivity index (χ0n) is 16.5. The van der Waals surface area contributed by atoms with Crippen molar-refractivity contribution in [3.05, 3.63) is 42.7 Å². The number of nitrogens with zero attached hydrogens (tertiary/aromatic N) is 5. The molecule has 8 heteroatoms. The van der Waals surface area contributed by atoms with Crippen molar-refractivity contribution in [2.45, 2.75) is 25.8 Å². The fraction of sp³-hybridized carbons (Fsp3) is 0.429. The number of carbonyl (C=O) groups is 2. The topological polar surface area (TPSA) is 78.9 Å². The molecule has 1 atom stereocenters. The first kappa shape index (κ1) is 19.3. The quantitative estimate of drug-likeness (QED) is 0.689. The zero-order chi connectivity index (χ0) is 20.2. The molecule has 152 valence electrons. The van der Waals surface area contributed by atoms with E-state index in [1.54, 1.807) is 42.7 Å². The third kappa shape index (κ3) is 4.07. The predicted octanol–water partition coefficient (Wildman–Crippen LogP) is 1.72. The molecule has 2 amide bonds. The summed E-state index contributed by atoms with van der Waals surface area (Å²) in [5.74, 6) is 1.14. The summed E-state index contributed by atoms with van der Waals surface area (Å²) in [6.07, 6.45) is 4.60. The van der Waals surface area contributed by atoms with Crippen molar-refractivity contribution in [2.75, 3.05) is 42.6 Å². The number of piperazine rings is 1. The zero-order valence-corrected chi connectivity index (χ0v) is 16.5. The van der Waals surface area contributed by atoms with Crippen LogP contribution in [0, 0.1) is 0 Å². The van der Waals surface area contributed by atoms with E-state index in [4.69, 9.17) is 4.74 Å².